The first-order valence-electron chi connectivity index (χ1n) is 12.3. The number of hydrogen-bond acceptors (Lipinski definition) is 3. The van der Waals surface area contributed by atoms with Gasteiger partial charge in [0, 0.05) is 36.0 Å². The first-order valence-corrected chi connectivity index (χ1v) is 15.2. The Morgan fingerprint density at radius 2 is 2.03 bits per heavy atom. The van der Waals surface area contributed by atoms with Crippen LogP contribution in [0.25, 0.3) is 0 Å². The molecule has 4 unspecified atom stereocenters. The average molecular weight is 449 g/mol. The minimum atomic E-state index is -1.76. The molecule has 1 aliphatic carbocycles. The number of carbonyl (C=O) groups is 1. The molecule has 4 heterocycles. The van der Waals surface area contributed by atoms with Crippen molar-refractivity contribution in [3.05, 3.63) is 53.1 Å². The largest absolute Gasteiger partial charge is 0.413 e. The fraction of sp³-hybridized carbons (Fsp3) is 0.593. The average Bonchev–Trinajstić information content (AvgIpc) is 3.28. The van der Waals surface area contributed by atoms with Crippen molar-refractivity contribution < 1.29 is 9.22 Å². The molecule has 4 aliphatic heterocycles. The number of benzene rings is 1. The molecule has 3 fully saturated rings. The van der Waals surface area contributed by atoms with Crippen molar-refractivity contribution in [3.8, 4) is 0 Å². The minimum Gasteiger partial charge on any atom is -0.413 e. The summed E-state index contributed by atoms with van der Waals surface area (Å²) in [6, 6.07) is 9.49. The number of fused-ring (bicyclic) bond motifs is 4. The number of carbonyl (C=O) groups excluding carboxylic acids is 1. The Kier molecular flexibility index (Phi) is 4.36. The summed E-state index contributed by atoms with van der Waals surface area (Å²) in [5, 5.41) is 0.227. The van der Waals surface area contributed by atoms with E-state index in [-0.39, 0.29) is 22.4 Å². The smallest absolute Gasteiger partial charge is 0.231 e. The van der Waals surface area contributed by atoms with E-state index in [1.54, 1.807) is 0 Å². The third-order valence-electron chi connectivity index (χ3n) is 9.65. The predicted octanol–water partition coefficient (Wildman–Crippen LogP) is 5.03. The summed E-state index contributed by atoms with van der Waals surface area (Å²) in [4.78, 5) is 18.1. The lowest BCUT2D eigenvalue weighted by molar-refractivity contribution is -0.118. The van der Waals surface area contributed by atoms with Crippen LogP contribution in [0.2, 0.25) is 18.1 Å². The van der Waals surface area contributed by atoms with Crippen LogP contribution in [0, 0.1) is 5.92 Å². The van der Waals surface area contributed by atoms with Gasteiger partial charge in [0.05, 0.1) is 12.6 Å². The van der Waals surface area contributed by atoms with Crippen LogP contribution < -0.4 is 4.90 Å². The summed E-state index contributed by atoms with van der Waals surface area (Å²) in [5.41, 5.74) is 5.71. The second-order valence-electron chi connectivity index (χ2n) is 12.0. The number of anilines is 1. The fourth-order valence-electron chi connectivity index (χ4n) is 7.08. The lowest BCUT2D eigenvalue weighted by Gasteiger charge is -2.54. The number of rotatable bonds is 3. The summed E-state index contributed by atoms with van der Waals surface area (Å²) in [6.45, 7) is 14.5. The topological polar surface area (TPSA) is 32.8 Å². The monoisotopic (exact) mass is 448 g/mol. The molecule has 2 saturated heterocycles. The molecule has 1 spiro atoms. The van der Waals surface area contributed by atoms with Crippen molar-refractivity contribution in [2.45, 2.75) is 75.7 Å². The Balaban J connectivity index is 1.38. The van der Waals surface area contributed by atoms with Gasteiger partial charge in [-0.2, -0.15) is 0 Å². The highest BCUT2D eigenvalue weighted by Crippen LogP contribution is 2.63. The van der Waals surface area contributed by atoms with Gasteiger partial charge in [0.25, 0.3) is 0 Å². The van der Waals surface area contributed by atoms with E-state index in [2.05, 4.69) is 80.1 Å². The van der Waals surface area contributed by atoms with Gasteiger partial charge in [0.1, 0.15) is 0 Å². The van der Waals surface area contributed by atoms with Gasteiger partial charge < -0.3 is 9.33 Å². The summed E-state index contributed by atoms with van der Waals surface area (Å²) >= 11 is 0. The lowest BCUT2D eigenvalue weighted by Crippen LogP contribution is -2.62. The Morgan fingerprint density at radius 3 is 2.81 bits per heavy atom. The van der Waals surface area contributed by atoms with E-state index in [1.807, 2.05) is 0 Å². The van der Waals surface area contributed by atoms with Crippen LogP contribution in [0.15, 0.2) is 47.6 Å². The van der Waals surface area contributed by atoms with Crippen molar-refractivity contribution >= 4 is 19.9 Å². The molecular weight excluding hydrogens is 412 g/mol. The van der Waals surface area contributed by atoms with E-state index < -0.39 is 8.32 Å². The van der Waals surface area contributed by atoms with Gasteiger partial charge in [0.15, 0.2) is 8.32 Å². The van der Waals surface area contributed by atoms with Gasteiger partial charge in [-0.05, 0) is 54.7 Å². The SMILES string of the molecule is CC(C)(C)[Si](C)(C)OC/C=C1/CN2CCC34c5ccccc5N5C(=O)CC=C(C1CC23)C54. The zero-order chi connectivity index (χ0) is 22.5. The zero-order valence-electron chi connectivity index (χ0n) is 20.1. The van der Waals surface area contributed by atoms with Gasteiger partial charge >= 0.3 is 0 Å². The zero-order valence-corrected chi connectivity index (χ0v) is 21.1. The van der Waals surface area contributed by atoms with Crippen LogP contribution in [0.5, 0.6) is 0 Å². The standard InChI is InChI=1S/C27H36N2O2Si/c1-26(2,3)32(4,5)31-15-12-18-17-28-14-13-27-21-8-6-7-9-22(21)29-24(30)11-10-19(25(27)29)20(18)16-23(27)28/h6-10,12,20,23,25H,11,13-17H2,1-5H3/b18-12-. The normalized spacial score (nSPS) is 34.6. The van der Waals surface area contributed by atoms with E-state index in [0.717, 1.165) is 19.5 Å². The third kappa shape index (κ3) is 2.59. The molecule has 2 bridgehead atoms. The van der Waals surface area contributed by atoms with Crippen LogP contribution in [-0.2, 0) is 14.6 Å². The fourth-order valence-corrected chi connectivity index (χ4v) is 8.01. The summed E-state index contributed by atoms with van der Waals surface area (Å²) in [7, 11) is -1.76. The number of hydrogen-bond donors (Lipinski definition) is 0. The molecule has 1 aromatic rings. The molecule has 170 valence electrons. The van der Waals surface area contributed by atoms with Gasteiger partial charge in [-0.15, -0.1) is 0 Å². The molecule has 1 saturated carbocycles. The number of nitrogens with zero attached hydrogens (tertiary/aromatic N) is 2. The highest BCUT2D eigenvalue weighted by molar-refractivity contribution is 6.74. The number of piperidine rings is 1. The van der Waals surface area contributed by atoms with Gasteiger partial charge in [-0.3, -0.25) is 9.69 Å². The number of amides is 1. The highest BCUT2D eigenvalue weighted by atomic mass is 28.4. The van der Waals surface area contributed by atoms with Crippen molar-refractivity contribution in [1.29, 1.82) is 0 Å². The molecule has 1 aromatic carbocycles. The molecule has 32 heavy (non-hydrogen) atoms. The molecule has 5 aliphatic rings. The quantitative estimate of drug-likeness (QED) is 0.480. The molecular formula is C27H36N2O2Si. The maximum Gasteiger partial charge on any atom is 0.231 e. The van der Waals surface area contributed by atoms with Crippen molar-refractivity contribution in [1.82, 2.24) is 4.90 Å². The van der Waals surface area contributed by atoms with E-state index in [9.17, 15) is 4.79 Å². The molecule has 4 nitrogen and oxygen atoms in total. The lowest BCUT2D eigenvalue weighted by atomic mass is 9.57. The van der Waals surface area contributed by atoms with Gasteiger partial charge in [-0.25, -0.2) is 0 Å². The first kappa shape index (κ1) is 20.9. The van der Waals surface area contributed by atoms with Crippen LogP contribution >= 0.6 is 0 Å². The molecule has 0 radical (unpaired) electrons. The third-order valence-corrected chi connectivity index (χ3v) is 14.1. The molecule has 1 amide bonds. The summed E-state index contributed by atoms with van der Waals surface area (Å²) in [5.74, 6) is 0.730. The van der Waals surface area contributed by atoms with E-state index >= 15 is 0 Å². The van der Waals surface area contributed by atoms with Crippen LogP contribution in [0.1, 0.15) is 45.6 Å². The Morgan fingerprint density at radius 1 is 1.25 bits per heavy atom. The second kappa shape index (κ2) is 6.68. The summed E-state index contributed by atoms with van der Waals surface area (Å²) in [6.07, 6.45) is 7.57. The second-order valence-corrected chi connectivity index (χ2v) is 16.8. The van der Waals surface area contributed by atoms with Crippen LogP contribution in [0.3, 0.4) is 0 Å². The Labute approximate surface area is 193 Å². The molecule has 0 N–H and O–H groups in total. The maximum absolute atomic E-state index is 13.2. The van der Waals surface area contributed by atoms with E-state index in [1.165, 1.54) is 28.8 Å². The van der Waals surface area contributed by atoms with Gasteiger partial charge in [-0.1, -0.05) is 56.7 Å². The van der Waals surface area contributed by atoms with Crippen LogP contribution in [-0.4, -0.2) is 50.9 Å². The highest BCUT2D eigenvalue weighted by Gasteiger charge is 2.67. The Bertz CT molecular complexity index is 1050. The molecule has 5 heteroatoms. The molecule has 6 rings (SSSR count). The maximum atomic E-state index is 13.2. The van der Waals surface area contributed by atoms with E-state index in [4.69, 9.17) is 4.43 Å². The van der Waals surface area contributed by atoms with Crippen molar-refractivity contribution in [2.24, 2.45) is 5.92 Å². The van der Waals surface area contributed by atoms with Crippen molar-refractivity contribution in [3.63, 3.8) is 0 Å². The molecule has 4 atom stereocenters. The summed E-state index contributed by atoms with van der Waals surface area (Å²) < 4.78 is 6.53. The predicted molar refractivity (Wildman–Crippen MR) is 131 cm³/mol. The Hall–Kier alpha value is -1.69. The molecule has 0 aromatic heterocycles. The van der Waals surface area contributed by atoms with Crippen molar-refractivity contribution in [2.75, 3.05) is 24.6 Å². The van der Waals surface area contributed by atoms with Gasteiger partial charge in [0.2, 0.25) is 5.91 Å². The van der Waals surface area contributed by atoms with Crippen LogP contribution in [0.4, 0.5) is 5.69 Å². The number of para-hydroxylation sites is 1. The minimum absolute atomic E-state index is 0.0815. The van der Waals surface area contributed by atoms with E-state index in [0.29, 0.717) is 25.0 Å². The first-order chi connectivity index (χ1) is 15.1.